The molecule has 1 N–H and O–H groups in total. The molecule has 0 atom stereocenters. The number of amides is 2. The largest absolute Gasteiger partial charge is 0.368 e. The minimum absolute atomic E-state index is 0.00300. The van der Waals surface area contributed by atoms with E-state index in [4.69, 9.17) is 0 Å². The zero-order valence-corrected chi connectivity index (χ0v) is 16.1. The third-order valence-electron chi connectivity index (χ3n) is 4.92. The van der Waals surface area contributed by atoms with Crippen LogP contribution in [0.4, 0.5) is 5.69 Å². The molecule has 5 heteroatoms. The number of nitrogens with zero attached hydrogens (tertiary/aromatic N) is 2. The molecule has 2 amide bonds. The van der Waals surface area contributed by atoms with Gasteiger partial charge in [-0.3, -0.25) is 9.59 Å². The Morgan fingerprint density at radius 1 is 0.923 bits per heavy atom. The number of hydrogen-bond acceptors (Lipinski definition) is 3. The summed E-state index contributed by atoms with van der Waals surface area (Å²) in [6, 6.07) is 10.3. The maximum atomic E-state index is 12.3. The molecule has 1 saturated heterocycles. The Hall–Kier alpha value is -2.04. The second-order valence-corrected chi connectivity index (χ2v) is 6.97. The van der Waals surface area contributed by atoms with E-state index in [9.17, 15) is 9.59 Å². The maximum Gasteiger partial charge on any atom is 0.223 e. The summed E-state index contributed by atoms with van der Waals surface area (Å²) in [7, 11) is 0. The molecule has 144 valence electrons. The summed E-state index contributed by atoms with van der Waals surface area (Å²) in [6.07, 6.45) is 6.54. The molecule has 1 aromatic rings. The van der Waals surface area contributed by atoms with Gasteiger partial charge in [-0.25, -0.2) is 0 Å². The van der Waals surface area contributed by atoms with E-state index in [0.29, 0.717) is 12.8 Å². The number of benzene rings is 1. The molecule has 0 bridgehead atoms. The Balaban J connectivity index is 1.58. The molecule has 0 radical (unpaired) electrons. The van der Waals surface area contributed by atoms with Crippen LogP contribution in [0, 0.1) is 0 Å². The minimum Gasteiger partial charge on any atom is -0.368 e. The highest BCUT2D eigenvalue weighted by molar-refractivity contribution is 5.83. The van der Waals surface area contributed by atoms with Gasteiger partial charge in [0.05, 0.1) is 0 Å². The number of nitrogens with one attached hydrogen (secondary N) is 1. The molecule has 1 aromatic carbocycles. The van der Waals surface area contributed by atoms with Crippen LogP contribution in [0.2, 0.25) is 0 Å². The fourth-order valence-corrected chi connectivity index (χ4v) is 3.28. The predicted octanol–water partition coefficient (Wildman–Crippen LogP) is 3.20. The fourth-order valence-electron chi connectivity index (χ4n) is 3.28. The van der Waals surface area contributed by atoms with E-state index in [1.165, 1.54) is 31.4 Å². The van der Waals surface area contributed by atoms with Gasteiger partial charge < -0.3 is 15.1 Å². The summed E-state index contributed by atoms with van der Waals surface area (Å²) in [5, 5.41) is 2.93. The van der Waals surface area contributed by atoms with Crippen LogP contribution in [0.25, 0.3) is 0 Å². The second kappa shape index (κ2) is 11.6. The lowest BCUT2D eigenvalue weighted by molar-refractivity contribution is -0.133. The number of carbonyl (C=O) groups excluding carboxylic acids is 2. The van der Waals surface area contributed by atoms with E-state index in [0.717, 1.165) is 39.1 Å². The van der Waals surface area contributed by atoms with Gasteiger partial charge >= 0.3 is 0 Å². The van der Waals surface area contributed by atoms with Crippen LogP contribution >= 0.6 is 0 Å². The van der Waals surface area contributed by atoms with Crippen molar-refractivity contribution in [2.24, 2.45) is 0 Å². The van der Waals surface area contributed by atoms with Crippen molar-refractivity contribution in [1.82, 2.24) is 10.2 Å². The summed E-state index contributed by atoms with van der Waals surface area (Å²) >= 11 is 0. The Labute approximate surface area is 157 Å². The lowest BCUT2D eigenvalue weighted by atomic mass is 10.1. The quantitative estimate of drug-likeness (QED) is 0.653. The van der Waals surface area contributed by atoms with Crippen LogP contribution in [-0.4, -0.2) is 49.4 Å². The molecular formula is C21H33N3O2. The van der Waals surface area contributed by atoms with Gasteiger partial charge in [0, 0.05) is 51.3 Å². The number of carbonyl (C=O) groups is 2. The van der Waals surface area contributed by atoms with Crippen LogP contribution in [0.5, 0.6) is 0 Å². The molecule has 1 aliphatic rings. The third kappa shape index (κ3) is 7.06. The number of rotatable bonds is 10. The Kier molecular flexibility index (Phi) is 9.01. The van der Waals surface area contributed by atoms with Gasteiger partial charge in [0.2, 0.25) is 11.8 Å². The standard InChI is InChI=1S/C21H33N3O2/c1-2-3-4-5-9-14-22-20(25)12-13-21(26)24-17-15-23(16-18-24)19-10-7-6-8-11-19/h6-8,10-11H,2-5,9,12-18H2,1H3,(H,22,25). The highest BCUT2D eigenvalue weighted by Gasteiger charge is 2.21. The van der Waals surface area contributed by atoms with Gasteiger partial charge in [0.25, 0.3) is 0 Å². The van der Waals surface area contributed by atoms with Gasteiger partial charge in [0.15, 0.2) is 0 Å². The van der Waals surface area contributed by atoms with Gasteiger partial charge in [-0.05, 0) is 18.6 Å². The molecule has 5 nitrogen and oxygen atoms in total. The van der Waals surface area contributed by atoms with Crippen molar-refractivity contribution < 1.29 is 9.59 Å². The van der Waals surface area contributed by atoms with Crippen LogP contribution < -0.4 is 10.2 Å². The molecule has 26 heavy (non-hydrogen) atoms. The van der Waals surface area contributed by atoms with Crippen molar-refractivity contribution in [2.75, 3.05) is 37.6 Å². The lowest BCUT2D eigenvalue weighted by Gasteiger charge is -2.36. The normalized spacial score (nSPS) is 14.3. The minimum atomic E-state index is -0.00300. The molecule has 0 unspecified atom stereocenters. The number of piperazine rings is 1. The molecular weight excluding hydrogens is 326 g/mol. The number of para-hydroxylation sites is 1. The SMILES string of the molecule is CCCCCCCNC(=O)CCC(=O)N1CCN(c2ccccc2)CC1. The zero-order valence-electron chi connectivity index (χ0n) is 16.1. The fraction of sp³-hybridized carbons (Fsp3) is 0.619. The summed E-state index contributed by atoms with van der Waals surface area (Å²) in [4.78, 5) is 28.4. The Morgan fingerprint density at radius 2 is 1.62 bits per heavy atom. The Morgan fingerprint density at radius 3 is 2.31 bits per heavy atom. The first-order chi connectivity index (χ1) is 12.7. The molecule has 1 fully saturated rings. The highest BCUT2D eigenvalue weighted by Crippen LogP contribution is 2.16. The highest BCUT2D eigenvalue weighted by atomic mass is 16.2. The van der Waals surface area contributed by atoms with Crippen molar-refractivity contribution in [3.05, 3.63) is 30.3 Å². The molecule has 0 aliphatic carbocycles. The molecule has 1 heterocycles. The number of hydrogen-bond donors (Lipinski definition) is 1. The van der Waals surface area contributed by atoms with Gasteiger partial charge in [-0.2, -0.15) is 0 Å². The molecule has 0 saturated carbocycles. The summed E-state index contributed by atoms with van der Waals surface area (Å²) in [6.45, 7) is 6.08. The monoisotopic (exact) mass is 359 g/mol. The van der Waals surface area contributed by atoms with Gasteiger partial charge in [-0.1, -0.05) is 50.8 Å². The van der Waals surface area contributed by atoms with Crippen molar-refractivity contribution >= 4 is 17.5 Å². The van der Waals surface area contributed by atoms with Crippen molar-refractivity contribution in [3.8, 4) is 0 Å². The summed E-state index contributed by atoms with van der Waals surface area (Å²) in [5.74, 6) is 0.0903. The van der Waals surface area contributed by atoms with Crippen molar-refractivity contribution in [1.29, 1.82) is 0 Å². The first kappa shape index (κ1) is 20.3. The van der Waals surface area contributed by atoms with Crippen LogP contribution in [0.1, 0.15) is 51.9 Å². The zero-order chi connectivity index (χ0) is 18.6. The van der Waals surface area contributed by atoms with E-state index < -0.39 is 0 Å². The first-order valence-electron chi connectivity index (χ1n) is 10.0. The predicted molar refractivity (Wildman–Crippen MR) is 106 cm³/mol. The van der Waals surface area contributed by atoms with Crippen LogP contribution in [0.15, 0.2) is 30.3 Å². The average molecular weight is 360 g/mol. The maximum absolute atomic E-state index is 12.3. The van der Waals surface area contributed by atoms with Crippen molar-refractivity contribution in [2.45, 2.75) is 51.9 Å². The van der Waals surface area contributed by atoms with E-state index in [1.807, 2.05) is 23.1 Å². The third-order valence-corrected chi connectivity index (χ3v) is 4.92. The molecule has 0 spiro atoms. The molecule has 1 aliphatic heterocycles. The second-order valence-electron chi connectivity index (χ2n) is 6.97. The lowest BCUT2D eigenvalue weighted by Crippen LogP contribution is -2.48. The molecule has 2 rings (SSSR count). The topological polar surface area (TPSA) is 52.7 Å². The Bertz CT molecular complexity index is 539. The average Bonchev–Trinajstić information content (AvgIpc) is 2.69. The van der Waals surface area contributed by atoms with Crippen molar-refractivity contribution in [3.63, 3.8) is 0 Å². The van der Waals surface area contributed by atoms with E-state index in [2.05, 4.69) is 29.3 Å². The first-order valence-corrected chi connectivity index (χ1v) is 10.0. The smallest absolute Gasteiger partial charge is 0.223 e. The van der Waals surface area contributed by atoms with Gasteiger partial charge in [-0.15, -0.1) is 0 Å². The summed E-state index contributed by atoms with van der Waals surface area (Å²) in [5.41, 5.74) is 1.21. The summed E-state index contributed by atoms with van der Waals surface area (Å²) < 4.78 is 0. The van der Waals surface area contributed by atoms with Gasteiger partial charge in [0.1, 0.15) is 0 Å². The van der Waals surface area contributed by atoms with Crippen LogP contribution in [0.3, 0.4) is 0 Å². The number of unbranched alkanes of at least 4 members (excludes halogenated alkanes) is 4. The van der Waals surface area contributed by atoms with E-state index in [1.54, 1.807) is 0 Å². The molecule has 0 aromatic heterocycles. The van der Waals surface area contributed by atoms with E-state index in [-0.39, 0.29) is 11.8 Å². The number of anilines is 1. The van der Waals surface area contributed by atoms with E-state index >= 15 is 0 Å². The van der Waals surface area contributed by atoms with Crippen LogP contribution in [-0.2, 0) is 9.59 Å².